The summed E-state index contributed by atoms with van der Waals surface area (Å²) >= 11 is 0. The van der Waals surface area contributed by atoms with Crippen molar-refractivity contribution in [2.75, 3.05) is 26.2 Å². The van der Waals surface area contributed by atoms with Crippen molar-refractivity contribution in [3.05, 3.63) is 59.8 Å². The maximum Gasteiger partial charge on any atom is 0.253 e. The Morgan fingerprint density at radius 3 is 2.46 bits per heavy atom. The molecular formula is C23H27N3O2. The van der Waals surface area contributed by atoms with Crippen LogP contribution in [0.25, 0.3) is 22.0 Å². The second kappa shape index (κ2) is 8.85. The summed E-state index contributed by atoms with van der Waals surface area (Å²) in [4.78, 5) is 19.7. The molecule has 1 amide bonds. The first kappa shape index (κ1) is 19.8. The topological polar surface area (TPSA) is 65.5 Å². The number of amides is 1. The van der Waals surface area contributed by atoms with Crippen molar-refractivity contribution in [3.8, 4) is 17.0 Å². The number of nitrogens with zero attached hydrogens (tertiary/aromatic N) is 2. The van der Waals surface area contributed by atoms with Gasteiger partial charge in [-0.05, 0) is 49.7 Å². The van der Waals surface area contributed by atoms with E-state index < -0.39 is 0 Å². The van der Waals surface area contributed by atoms with Gasteiger partial charge in [-0.25, -0.2) is 0 Å². The van der Waals surface area contributed by atoms with E-state index in [9.17, 15) is 9.90 Å². The lowest BCUT2D eigenvalue weighted by Gasteiger charge is -2.18. The first-order chi connectivity index (χ1) is 13.5. The molecule has 0 aliphatic heterocycles. The first-order valence-corrected chi connectivity index (χ1v) is 9.72. The van der Waals surface area contributed by atoms with Crippen LogP contribution in [0.2, 0.25) is 0 Å². The van der Waals surface area contributed by atoms with Gasteiger partial charge < -0.3 is 15.3 Å². The zero-order chi connectivity index (χ0) is 20.1. The second-order valence-electron chi connectivity index (χ2n) is 6.90. The number of hydrogen-bond donors (Lipinski definition) is 2. The summed E-state index contributed by atoms with van der Waals surface area (Å²) in [5.74, 6) is 0.112. The highest BCUT2D eigenvalue weighted by Gasteiger charge is 2.15. The number of likely N-dealkylation sites (N-methyl/N-ethyl adjacent to an activating group) is 1. The fourth-order valence-electron chi connectivity index (χ4n) is 3.35. The maximum absolute atomic E-state index is 12.8. The molecule has 5 heteroatoms. The number of carbonyl (C=O) groups excluding carboxylic acids is 1. The van der Waals surface area contributed by atoms with Gasteiger partial charge in [-0.1, -0.05) is 37.6 Å². The minimum Gasteiger partial charge on any atom is -0.508 e. The Morgan fingerprint density at radius 1 is 1.07 bits per heavy atom. The fraction of sp³-hybridized carbons (Fsp3) is 0.304. The Labute approximate surface area is 166 Å². The lowest BCUT2D eigenvalue weighted by Crippen LogP contribution is -2.34. The summed E-state index contributed by atoms with van der Waals surface area (Å²) in [6.07, 6.45) is 1.65. The van der Waals surface area contributed by atoms with E-state index in [0.717, 1.165) is 47.2 Å². The Bertz CT molecular complexity index is 963. The van der Waals surface area contributed by atoms with Crippen molar-refractivity contribution in [2.45, 2.75) is 20.8 Å². The molecule has 0 aliphatic rings. The van der Waals surface area contributed by atoms with Crippen LogP contribution in [0, 0.1) is 6.92 Å². The van der Waals surface area contributed by atoms with Gasteiger partial charge in [-0.2, -0.15) is 0 Å². The van der Waals surface area contributed by atoms with E-state index in [1.807, 2.05) is 37.3 Å². The molecule has 146 valence electrons. The van der Waals surface area contributed by atoms with E-state index >= 15 is 0 Å². The molecule has 3 aromatic rings. The van der Waals surface area contributed by atoms with Gasteiger partial charge in [-0.3, -0.25) is 9.78 Å². The zero-order valence-corrected chi connectivity index (χ0v) is 16.7. The van der Waals surface area contributed by atoms with Crippen molar-refractivity contribution in [2.24, 2.45) is 0 Å². The molecule has 0 aliphatic carbocycles. The third kappa shape index (κ3) is 4.31. The highest BCUT2D eigenvalue weighted by molar-refractivity contribution is 6.10. The van der Waals surface area contributed by atoms with E-state index in [1.54, 1.807) is 18.3 Å². The largest absolute Gasteiger partial charge is 0.508 e. The Kier molecular flexibility index (Phi) is 6.26. The van der Waals surface area contributed by atoms with E-state index in [2.05, 4.69) is 29.0 Å². The highest BCUT2D eigenvalue weighted by atomic mass is 16.3. The summed E-state index contributed by atoms with van der Waals surface area (Å²) in [5.41, 5.74) is 3.38. The molecule has 0 atom stereocenters. The van der Waals surface area contributed by atoms with Crippen molar-refractivity contribution in [1.29, 1.82) is 0 Å². The molecule has 0 unspecified atom stereocenters. The third-order valence-corrected chi connectivity index (χ3v) is 5.04. The highest BCUT2D eigenvalue weighted by Crippen LogP contribution is 2.30. The van der Waals surface area contributed by atoms with Crippen molar-refractivity contribution in [1.82, 2.24) is 15.2 Å². The predicted octanol–water partition coefficient (Wildman–Crippen LogP) is 3.99. The normalized spacial score (nSPS) is 11.1. The SMILES string of the molecule is CCN(CC)CCNC(=O)c1cnc(-c2ccc(O)cc2)c2ccc(C)cc12. The number of phenolic OH excluding ortho intramolecular Hbond substituents is 1. The number of fused-ring (bicyclic) bond motifs is 1. The summed E-state index contributed by atoms with van der Waals surface area (Å²) < 4.78 is 0. The number of hydrogen-bond acceptors (Lipinski definition) is 4. The van der Waals surface area contributed by atoms with E-state index in [-0.39, 0.29) is 11.7 Å². The smallest absolute Gasteiger partial charge is 0.253 e. The number of aromatic nitrogens is 1. The number of benzene rings is 2. The third-order valence-electron chi connectivity index (χ3n) is 5.04. The van der Waals surface area contributed by atoms with Crippen LogP contribution < -0.4 is 5.32 Å². The van der Waals surface area contributed by atoms with E-state index in [4.69, 9.17) is 0 Å². The van der Waals surface area contributed by atoms with E-state index in [0.29, 0.717) is 12.1 Å². The average molecular weight is 377 g/mol. The molecule has 1 heterocycles. The number of rotatable bonds is 7. The average Bonchev–Trinajstić information content (AvgIpc) is 2.71. The zero-order valence-electron chi connectivity index (χ0n) is 16.7. The summed E-state index contributed by atoms with van der Waals surface area (Å²) in [6.45, 7) is 9.63. The molecule has 0 fully saturated rings. The van der Waals surface area contributed by atoms with E-state index in [1.165, 1.54) is 0 Å². The molecule has 0 bridgehead atoms. The van der Waals surface area contributed by atoms with Gasteiger partial charge in [0.2, 0.25) is 0 Å². The monoisotopic (exact) mass is 377 g/mol. The van der Waals surface area contributed by atoms with Gasteiger partial charge in [0.1, 0.15) is 5.75 Å². The predicted molar refractivity (Wildman–Crippen MR) is 114 cm³/mol. The van der Waals surface area contributed by atoms with Gasteiger partial charge in [0.15, 0.2) is 0 Å². The van der Waals surface area contributed by atoms with Crippen LogP contribution in [0.4, 0.5) is 0 Å². The molecule has 0 saturated carbocycles. The molecule has 0 saturated heterocycles. The molecule has 1 aromatic heterocycles. The molecule has 2 aromatic carbocycles. The minimum absolute atomic E-state index is 0.104. The van der Waals surface area contributed by atoms with Crippen molar-refractivity contribution < 1.29 is 9.90 Å². The van der Waals surface area contributed by atoms with Crippen LogP contribution in [0.5, 0.6) is 5.75 Å². The molecule has 5 nitrogen and oxygen atoms in total. The lowest BCUT2D eigenvalue weighted by molar-refractivity contribution is 0.0950. The quantitative estimate of drug-likeness (QED) is 0.653. The van der Waals surface area contributed by atoms with Gasteiger partial charge in [-0.15, -0.1) is 0 Å². The number of phenols is 1. The Morgan fingerprint density at radius 2 is 1.79 bits per heavy atom. The second-order valence-corrected chi connectivity index (χ2v) is 6.90. The standard InChI is InChI=1S/C23H27N3O2/c1-4-26(5-2)13-12-24-23(28)21-15-25-22(17-7-9-18(27)10-8-17)19-11-6-16(3)14-20(19)21/h6-11,14-15,27H,4-5,12-13H2,1-3H3,(H,24,28). The van der Waals surface area contributed by atoms with Crippen LogP contribution in [-0.2, 0) is 0 Å². The van der Waals surface area contributed by atoms with Crippen LogP contribution in [0.3, 0.4) is 0 Å². The van der Waals surface area contributed by atoms with Crippen molar-refractivity contribution in [3.63, 3.8) is 0 Å². The lowest BCUT2D eigenvalue weighted by atomic mass is 9.98. The van der Waals surface area contributed by atoms with Crippen molar-refractivity contribution >= 4 is 16.7 Å². The number of carbonyl (C=O) groups is 1. The number of nitrogens with one attached hydrogen (secondary N) is 1. The van der Waals surface area contributed by atoms with Gasteiger partial charge in [0.05, 0.1) is 11.3 Å². The molecule has 2 N–H and O–H groups in total. The first-order valence-electron chi connectivity index (χ1n) is 9.72. The van der Waals surface area contributed by atoms with Crippen LogP contribution in [-0.4, -0.2) is 47.1 Å². The summed E-state index contributed by atoms with van der Waals surface area (Å²) in [5, 5.41) is 14.4. The number of aromatic hydroxyl groups is 1. The van der Waals surface area contributed by atoms with Gasteiger partial charge >= 0.3 is 0 Å². The minimum atomic E-state index is -0.104. The van der Waals surface area contributed by atoms with Crippen LogP contribution >= 0.6 is 0 Å². The Balaban J connectivity index is 1.93. The molecular weight excluding hydrogens is 350 g/mol. The summed E-state index contributed by atoms with van der Waals surface area (Å²) in [7, 11) is 0. The van der Waals surface area contributed by atoms with Crippen LogP contribution in [0.1, 0.15) is 29.8 Å². The van der Waals surface area contributed by atoms with Gasteiger partial charge in [0.25, 0.3) is 5.91 Å². The maximum atomic E-state index is 12.8. The Hall–Kier alpha value is -2.92. The fourth-order valence-corrected chi connectivity index (χ4v) is 3.35. The molecule has 3 rings (SSSR count). The molecule has 28 heavy (non-hydrogen) atoms. The van der Waals surface area contributed by atoms with Gasteiger partial charge in [0, 0.05) is 30.2 Å². The summed E-state index contributed by atoms with van der Waals surface area (Å²) in [6, 6.07) is 13.0. The molecule has 0 spiro atoms. The molecule has 0 radical (unpaired) electrons. The van der Waals surface area contributed by atoms with Crippen LogP contribution in [0.15, 0.2) is 48.7 Å². The number of pyridine rings is 1. The number of aryl methyl sites for hydroxylation is 1.